The van der Waals surface area contributed by atoms with Gasteiger partial charge in [-0.05, 0) is 47.0 Å². The van der Waals surface area contributed by atoms with Crippen LogP contribution < -0.4 is 9.47 Å². The second-order valence-corrected chi connectivity index (χ2v) is 7.54. The van der Waals surface area contributed by atoms with Gasteiger partial charge in [0.15, 0.2) is 11.5 Å². The molecular formula is C24H17N3O3S. The summed E-state index contributed by atoms with van der Waals surface area (Å²) in [6.45, 7) is 1.06. The Morgan fingerprint density at radius 1 is 0.839 bits per heavy atom. The molecule has 1 aliphatic heterocycles. The van der Waals surface area contributed by atoms with Crippen molar-refractivity contribution < 1.29 is 13.9 Å². The SMILES string of the molecule is N#Cc1cccc(-c2ccc(C(S)c3nnc(-c4ccc5c(c4)OCCO5)o3)cc2)c1. The Hall–Kier alpha value is -3.76. The number of aromatic nitrogens is 2. The summed E-state index contributed by atoms with van der Waals surface area (Å²) >= 11 is 4.68. The van der Waals surface area contributed by atoms with Gasteiger partial charge in [-0.1, -0.05) is 36.4 Å². The quantitative estimate of drug-likeness (QED) is 0.458. The summed E-state index contributed by atoms with van der Waals surface area (Å²) in [5, 5.41) is 17.1. The smallest absolute Gasteiger partial charge is 0.247 e. The highest BCUT2D eigenvalue weighted by molar-refractivity contribution is 7.80. The van der Waals surface area contributed by atoms with E-state index < -0.39 is 0 Å². The van der Waals surface area contributed by atoms with Crippen molar-refractivity contribution in [1.82, 2.24) is 10.2 Å². The molecule has 0 amide bonds. The number of hydrogen-bond donors (Lipinski definition) is 1. The summed E-state index contributed by atoms with van der Waals surface area (Å²) < 4.78 is 17.1. The van der Waals surface area contributed by atoms with E-state index >= 15 is 0 Å². The third-order valence-corrected chi connectivity index (χ3v) is 5.53. The summed E-state index contributed by atoms with van der Waals surface area (Å²) in [4.78, 5) is 0. The molecule has 1 unspecified atom stereocenters. The van der Waals surface area contributed by atoms with Gasteiger partial charge in [0, 0.05) is 5.56 Å². The van der Waals surface area contributed by atoms with Crippen LogP contribution in [0.4, 0.5) is 0 Å². The largest absolute Gasteiger partial charge is 0.486 e. The van der Waals surface area contributed by atoms with Gasteiger partial charge in [-0.2, -0.15) is 17.9 Å². The van der Waals surface area contributed by atoms with Gasteiger partial charge in [-0.25, -0.2) is 0 Å². The average Bonchev–Trinajstić information content (AvgIpc) is 3.34. The fourth-order valence-corrected chi connectivity index (χ4v) is 3.68. The minimum Gasteiger partial charge on any atom is -0.486 e. The Morgan fingerprint density at radius 2 is 1.61 bits per heavy atom. The molecule has 31 heavy (non-hydrogen) atoms. The van der Waals surface area contributed by atoms with Crippen LogP contribution in [-0.2, 0) is 0 Å². The van der Waals surface area contributed by atoms with Crippen LogP contribution in [0.25, 0.3) is 22.6 Å². The molecule has 2 heterocycles. The number of nitriles is 1. The van der Waals surface area contributed by atoms with Gasteiger partial charge < -0.3 is 13.9 Å². The molecule has 152 valence electrons. The molecule has 0 radical (unpaired) electrons. The Bertz CT molecular complexity index is 1280. The highest BCUT2D eigenvalue weighted by Crippen LogP contribution is 2.36. The van der Waals surface area contributed by atoms with Crippen molar-refractivity contribution in [1.29, 1.82) is 5.26 Å². The molecule has 1 aliphatic rings. The van der Waals surface area contributed by atoms with Gasteiger partial charge in [0.1, 0.15) is 18.5 Å². The lowest BCUT2D eigenvalue weighted by Crippen LogP contribution is -2.15. The minimum atomic E-state index is -0.363. The molecule has 6 nitrogen and oxygen atoms in total. The molecule has 3 aromatic carbocycles. The van der Waals surface area contributed by atoms with E-state index in [0.717, 1.165) is 22.3 Å². The Balaban J connectivity index is 1.37. The molecule has 1 atom stereocenters. The van der Waals surface area contributed by atoms with Crippen LogP contribution >= 0.6 is 12.6 Å². The van der Waals surface area contributed by atoms with Gasteiger partial charge in [-0.3, -0.25) is 0 Å². The Kier molecular flexibility index (Phi) is 5.06. The van der Waals surface area contributed by atoms with Crippen LogP contribution in [0.2, 0.25) is 0 Å². The predicted molar refractivity (Wildman–Crippen MR) is 118 cm³/mol. The predicted octanol–water partition coefficient (Wildman–Crippen LogP) is 5.07. The molecule has 0 spiro atoms. The van der Waals surface area contributed by atoms with Crippen LogP contribution in [0.3, 0.4) is 0 Å². The van der Waals surface area contributed by atoms with Crippen molar-refractivity contribution in [3.05, 3.63) is 83.7 Å². The Morgan fingerprint density at radius 3 is 2.42 bits per heavy atom. The molecule has 0 fully saturated rings. The van der Waals surface area contributed by atoms with Crippen molar-refractivity contribution in [2.75, 3.05) is 13.2 Å². The fraction of sp³-hybridized carbons (Fsp3) is 0.125. The van der Waals surface area contributed by atoms with Gasteiger partial charge in [0.25, 0.3) is 0 Å². The fourth-order valence-electron chi connectivity index (χ4n) is 3.41. The number of ether oxygens (including phenoxy) is 2. The van der Waals surface area contributed by atoms with Crippen LogP contribution in [0.5, 0.6) is 11.5 Å². The third kappa shape index (κ3) is 3.86. The third-order valence-electron chi connectivity index (χ3n) is 5.02. The van der Waals surface area contributed by atoms with E-state index in [4.69, 9.17) is 19.2 Å². The van der Waals surface area contributed by atoms with Crippen molar-refractivity contribution in [3.63, 3.8) is 0 Å². The molecule has 7 heteroatoms. The summed E-state index contributed by atoms with van der Waals surface area (Å²) in [5.41, 5.74) is 4.33. The first-order valence-corrected chi connectivity index (χ1v) is 10.2. The maximum atomic E-state index is 9.10. The first-order valence-electron chi connectivity index (χ1n) is 9.73. The molecule has 0 bridgehead atoms. The molecule has 0 saturated heterocycles. The van der Waals surface area contributed by atoms with Crippen molar-refractivity contribution in [2.24, 2.45) is 0 Å². The number of benzene rings is 3. The highest BCUT2D eigenvalue weighted by Gasteiger charge is 2.20. The summed E-state index contributed by atoms with van der Waals surface area (Å²) in [7, 11) is 0. The van der Waals surface area contributed by atoms with Gasteiger partial charge >= 0.3 is 0 Å². The van der Waals surface area contributed by atoms with E-state index in [-0.39, 0.29) is 5.25 Å². The van der Waals surface area contributed by atoms with Crippen LogP contribution in [0.1, 0.15) is 22.3 Å². The van der Waals surface area contributed by atoms with E-state index in [1.807, 2.05) is 60.7 Å². The summed E-state index contributed by atoms with van der Waals surface area (Å²) in [6.07, 6.45) is 0. The first kappa shape index (κ1) is 19.2. The van der Waals surface area contributed by atoms with Crippen molar-refractivity contribution >= 4 is 12.6 Å². The van der Waals surface area contributed by atoms with E-state index in [9.17, 15) is 0 Å². The monoisotopic (exact) mass is 427 g/mol. The second kappa shape index (κ2) is 8.17. The molecule has 0 aliphatic carbocycles. The molecule has 4 aromatic rings. The summed E-state index contributed by atoms with van der Waals surface area (Å²) in [5.74, 6) is 2.19. The van der Waals surface area contributed by atoms with Gasteiger partial charge in [0.05, 0.1) is 11.6 Å². The standard InChI is InChI=1S/C24H17N3O3S/c25-14-15-2-1-3-18(12-15)16-4-6-17(7-5-16)22(31)24-27-26-23(30-24)19-8-9-20-21(13-19)29-11-10-28-20/h1-9,12-13,22,31H,10-11H2. The van der Waals surface area contributed by atoms with E-state index in [1.165, 1.54) is 0 Å². The lowest BCUT2D eigenvalue weighted by Gasteiger charge is -2.18. The zero-order chi connectivity index (χ0) is 21.2. The van der Waals surface area contributed by atoms with E-state index in [2.05, 4.69) is 28.9 Å². The molecular weight excluding hydrogens is 410 g/mol. The maximum Gasteiger partial charge on any atom is 0.247 e. The summed E-state index contributed by atoms with van der Waals surface area (Å²) in [6, 6.07) is 23.1. The maximum absolute atomic E-state index is 9.10. The van der Waals surface area contributed by atoms with E-state index in [1.54, 1.807) is 6.07 Å². The molecule has 0 saturated carbocycles. The number of rotatable bonds is 4. The van der Waals surface area contributed by atoms with Crippen molar-refractivity contribution in [3.8, 4) is 40.1 Å². The number of nitrogens with zero attached hydrogens (tertiary/aromatic N) is 3. The van der Waals surface area contributed by atoms with E-state index in [0.29, 0.717) is 42.1 Å². The minimum absolute atomic E-state index is 0.363. The van der Waals surface area contributed by atoms with Crippen LogP contribution in [-0.4, -0.2) is 23.4 Å². The van der Waals surface area contributed by atoms with Crippen LogP contribution in [0, 0.1) is 11.3 Å². The van der Waals surface area contributed by atoms with Crippen LogP contribution in [0.15, 0.2) is 71.1 Å². The topological polar surface area (TPSA) is 81.2 Å². The van der Waals surface area contributed by atoms with Gasteiger partial charge in [-0.15, -0.1) is 10.2 Å². The normalized spacial score (nSPS) is 13.4. The zero-order valence-corrected chi connectivity index (χ0v) is 17.3. The van der Waals surface area contributed by atoms with Crippen molar-refractivity contribution in [2.45, 2.75) is 5.25 Å². The molecule has 0 N–H and O–H groups in total. The first-order chi connectivity index (χ1) is 15.2. The molecule has 1 aromatic heterocycles. The lowest BCUT2D eigenvalue weighted by molar-refractivity contribution is 0.171. The highest BCUT2D eigenvalue weighted by atomic mass is 32.1. The lowest BCUT2D eigenvalue weighted by atomic mass is 10.0. The second-order valence-electron chi connectivity index (χ2n) is 7.02. The Labute approximate surface area is 184 Å². The molecule has 5 rings (SSSR count). The zero-order valence-electron chi connectivity index (χ0n) is 16.4. The average molecular weight is 427 g/mol. The number of hydrogen-bond acceptors (Lipinski definition) is 7. The van der Waals surface area contributed by atoms with Gasteiger partial charge in [0.2, 0.25) is 11.8 Å². The number of thiol groups is 1. The number of fused-ring (bicyclic) bond motifs is 1.